The summed E-state index contributed by atoms with van der Waals surface area (Å²) in [4.78, 5) is 42.6. The third-order valence-corrected chi connectivity index (χ3v) is 3.53. The molecule has 0 saturated carbocycles. The first-order valence-electron chi connectivity index (χ1n) is 7.98. The van der Waals surface area contributed by atoms with Gasteiger partial charge in [-0.05, 0) is 6.07 Å². The van der Waals surface area contributed by atoms with Gasteiger partial charge in [0.25, 0.3) is 11.4 Å². The highest BCUT2D eigenvalue weighted by Gasteiger charge is 2.17. The molecule has 0 N–H and O–H groups in total. The number of Topliss-reactive ketones (excluding diaryl/α,β-unsaturated/α-hetero) is 2. The molecule has 0 saturated heterocycles. The van der Waals surface area contributed by atoms with Gasteiger partial charge in [-0.15, -0.1) is 0 Å². The molecular weight excluding hydrogens is 364 g/mol. The van der Waals surface area contributed by atoms with E-state index in [-0.39, 0.29) is 11.4 Å². The fourth-order valence-corrected chi connectivity index (χ4v) is 2.16. The highest BCUT2D eigenvalue weighted by Crippen LogP contribution is 2.18. The molecule has 0 aromatic heterocycles. The summed E-state index contributed by atoms with van der Waals surface area (Å²) in [6.07, 6.45) is 0. The lowest BCUT2D eigenvalue weighted by atomic mass is 10.0. The van der Waals surface area contributed by atoms with Gasteiger partial charge in [0.05, 0.1) is 15.9 Å². The molecule has 8 nitrogen and oxygen atoms in total. The second-order valence-corrected chi connectivity index (χ2v) is 5.42. The van der Waals surface area contributed by atoms with Crippen LogP contribution in [-0.4, -0.2) is 21.4 Å². The lowest BCUT2D eigenvalue weighted by molar-refractivity contribution is -0.394. The maximum Gasteiger partial charge on any atom is 0.276 e. The van der Waals surface area contributed by atoms with Gasteiger partial charge in [-0.1, -0.05) is 60.7 Å². The zero-order valence-electron chi connectivity index (χ0n) is 14.4. The van der Waals surface area contributed by atoms with Gasteiger partial charge in [-0.25, -0.2) is 0 Å². The number of nitrogens with zero attached hydrogens (tertiary/aromatic N) is 2. The Bertz CT molecular complexity index is 925. The standard InChI is InChI=1S/C14H10O2.C6H4N2O4/c15-13(11-7-3-1-4-8-11)14(16)12-9-5-2-6-10-12;9-7(10)5-2-1-3-6(4-5)8(11)12/h1-10H;1-4H. The van der Waals surface area contributed by atoms with E-state index in [1.807, 2.05) is 12.1 Å². The Balaban J connectivity index is 0.000000209. The Morgan fingerprint density at radius 3 is 1.25 bits per heavy atom. The quantitative estimate of drug-likeness (QED) is 0.283. The van der Waals surface area contributed by atoms with Crippen molar-refractivity contribution in [2.75, 3.05) is 0 Å². The second kappa shape index (κ2) is 9.48. The van der Waals surface area contributed by atoms with E-state index in [1.54, 1.807) is 48.5 Å². The van der Waals surface area contributed by atoms with Crippen molar-refractivity contribution in [3.63, 3.8) is 0 Å². The van der Waals surface area contributed by atoms with Crippen molar-refractivity contribution in [3.05, 3.63) is 116 Å². The first-order chi connectivity index (χ1) is 13.4. The molecule has 3 aromatic carbocycles. The van der Waals surface area contributed by atoms with Crippen LogP contribution < -0.4 is 0 Å². The van der Waals surface area contributed by atoms with Crippen LogP contribution in [0.4, 0.5) is 11.4 Å². The summed E-state index contributed by atoms with van der Waals surface area (Å²) in [7, 11) is 0. The van der Waals surface area contributed by atoms with Crippen molar-refractivity contribution in [1.29, 1.82) is 0 Å². The van der Waals surface area contributed by atoms with Crippen LogP contribution in [0.15, 0.2) is 84.9 Å². The number of hydrogen-bond donors (Lipinski definition) is 0. The lowest BCUT2D eigenvalue weighted by Gasteiger charge is -1.99. The van der Waals surface area contributed by atoms with Crippen LogP contribution in [0.5, 0.6) is 0 Å². The number of hydrogen-bond acceptors (Lipinski definition) is 6. The van der Waals surface area contributed by atoms with Gasteiger partial charge in [-0.3, -0.25) is 29.8 Å². The van der Waals surface area contributed by atoms with Crippen molar-refractivity contribution < 1.29 is 19.4 Å². The fraction of sp³-hybridized carbons (Fsp3) is 0. The minimum atomic E-state index is -0.674. The zero-order valence-corrected chi connectivity index (χ0v) is 14.4. The van der Waals surface area contributed by atoms with Crippen LogP contribution in [0.25, 0.3) is 0 Å². The van der Waals surface area contributed by atoms with Crippen LogP contribution in [-0.2, 0) is 0 Å². The van der Waals surface area contributed by atoms with Gasteiger partial charge in [-0.2, -0.15) is 0 Å². The summed E-state index contributed by atoms with van der Waals surface area (Å²) in [6.45, 7) is 0. The van der Waals surface area contributed by atoms with Crippen molar-refractivity contribution in [3.8, 4) is 0 Å². The predicted octanol–water partition coefficient (Wildman–Crippen LogP) is 4.26. The maximum absolute atomic E-state index is 11.8. The average Bonchev–Trinajstić information content (AvgIpc) is 2.74. The zero-order chi connectivity index (χ0) is 20.5. The van der Waals surface area contributed by atoms with E-state index >= 15 is 0 Å². The maximum atomic E-state index is 11.8. The van der Waals surface area contributed by atoms with Crippen molar-refractivity contribution in [2.45, 2.75) is 0 Å². The van der Waals surface area contributed by atoms with Gasteiger partial charge >= 0.3 is 0 Å². The first kappa shape index (κ1) is 20.1. The smallest absolute Gasteiger partial charge is 0.276 e. The molecule has 140 valence electrons. The molecule has 0 heterocycles. The highest BCUT2D eigenvalue weighted by molar-refractivity contribution is 6.49. The Labute approximate surface area is 159 Å². The highest BCUT2D eigenvalue weighted by atomic mass is 16.6. The molecule has 3 aromatic rings. The number of nitro groups is 2. The second-order valence-electron chi connectivity index (χ2n) is 5.42. The summed E-state index contributed by atoms with van der Waals surface area (Å²) in [5.41, 5.74) is 0.307. The average molecular weight is 378 g/mol. The summed E-state index contributed by atoms with van der Waals surface area (Å²) in [5.74, 6) is -0.932. The summed E-state index contributed by atoms with van der Waals surface area (Å²) >= 11 is 0. The van der Waals surface area contributed by atoms with Crippen LogP contribution in [0.1, 0.15) is 20.7 Å². The van der Waals surface area contributed by atoms with Gasteiger partial charge in [0.15, 0.2) is 0 Å². The SMILES string of the molecule is O=C(C(=O)c1ccccc1)c1ccccc1.O=[N+]([O-])c1cccc([N+](=O)[O-])c1. The molecule has 3 rings (SSSR count). The van der Waals surface area contributed by atoms with Crippen molar-refractivity contribution >= 4 is 22.9 Å². The molecule has 0 unspecified atom stereocenters. The molecule has 0 amide bonds. The van der Waals surface area contributed by atoms with Crippen LogP contribution in [0.3, 0.4) is 0 Å². The topological polar surface area (TPSA) is 120 Å². The number of benzene rings is 3. The Kier molecular flexibility index (Phi) is 6.81. The van der Waals surface area contributed by atoms with Crippen molar-refractivity contribution in [2.24, 2.45) is 0 Å². The molecule has 0 bridgehead atoms. The van der Waals surface area contributed by atoms with Crippen molar-refractivity contribution in [1.82, 2.24) is 0 Å². The molecule has 8 heteroatoms. The first-order valence-corrected chi connectivity index (χ1v) is 7.98. The Morgan fingerprint density at radius 1 is 0.571 bits per heavy atom. The molecule has 0 fully saturated rings. The summed E-state index contributed by atoms with van der Waals surface area (Å²) < 4.78 is 0. The molecule has 28 heavy (non-hydrogen) atoms. The van der Waals surface area contributed by atoms with E-state index in [2.05, 4.69) is 0 Å². The number of carbonyl (C=O) groups is 2. The monoisotopic (exact) mass is 378 g/mol. The number of non-ortho nitro benzene ring substituents is 2. The summed E-state index contributed by atoms with van der Waals surface area (Å²) in [6, 6.07) is 21.7. The van der Waals surface area contributed by atoms with E-state index in [4.69, 9.17) is 0 Å². The Hall–Kier alpha value is -4.20. The fourth-order valence-electron chi connectivity index (χ4n) is 2.16. The van der Waals surface area contributed by atoms with Crippen LogP contribution >= 0.6 is 0 Å². The van der Waals surface area contributed by atoms with Gasteiger partial charge < -0.3 is 0 Å². The minimum absolute atomic E-state index is 0.274. The largest absolute Gasteiger partial charge is 0.285 e. The van der Waals surface area contributed by atoms with Crippen LogP contribution in [0.2, 0.25) is 0 Å². The molecule has 0 aliphatic carbocycles. The van der Waals surface area contributed by atoms with E-state index in [9.17, 15) is 29.8 Å². The third-order valence-electron chi connectivity index (χ3n) is 3.53. The molecule has 0 spiro atoms. The Morgan fingerprint density at radius 2 is 0.929 bits per heavy atom. The number of nitro benzene ring substituents is 2. The lowest BCUT2D eigenvalue weighted by Crippen LogP contribution is -2.14. The number of ketones is 2. The van der Waals surface area contributed by atoms with Gasteiger partial charge in [0.1, 0.15) is 0 Å². The van der Waals surface area contributed by atoms with E-state index in [1.165, 1.54) is 18.2 Å². The van der Waals surface area contributed by atoms with Gasteiger partial charge in [0, 0.05) is 23.3 Å². The van der Waals surface area contributed by atoms with E-state index in [0.717, 1.165) is 6.07 Å². The molecule has 0 atom stereocenters. The molecule has 0 aliphatic heterocycles. The molecule has 0 radical (unpaired) electrons. The third kappa shape index (κ3) is 5.40. The minimum Gasteiger partial charge on any atom is -0.285 e. The van der Waals surface area contributed by atoms with E-state index < -0.39 is 21.4 Å². The van der Waals surface area contributed by atoms with Crippen LogP contribution in [0, 0.1) is 20.2 Å². The normalized spacial score (nSPS) is 9.57. The predicted molar refractivity (Wildman–Crippen MR) is 101 cm³/mol. The van der Waals surface area contributed by atoms with Gasteiger partial charge in [0.2, 0.25) is 11.6 Å². The molecular formula is C20H14N2O6. The number of carbonyl (C=O) groups excluding carboxylic acids is 2. The van der Waals surface area contributed by atoms with E-state index in [0.29, 0.717) is 11.1 Å². The molecule has 0 aliphatic rings. The summed E-state index contributed by atoms with van der Waals surface area (Å²) in [5, 5.41) is 20.3. The number of rotatable bonds is 5.